The first-order chi connectivity index (χ1) is 9.69. The minimum absolute atomic E-state index is 0.844. The number of nitrogens with one attached hydrogen (secondary N) is 1. The standard InChI is InChI=1S/C16H18BrN3/c1-3-4-14-12-8-18-9-15(12)20-16(19-14)11-6-5-10(2)13(17)7-11/h5-7,18H,3-4,8-9H2,1-2H3. The Bertz CT molecular complexity index is 652. The molecule has 0 aliphatic carbocycles. The highest BCUT2D eigenvalue weighted by atomic mass is 79.9. The van der Waals surface area contributed by atoms with Crippen molar-refractivity contribution in [3.05, 3.63) is 45.2 Å². The quantitative estimate of drug-likeness (QED) is 0.930. The summed E-state index contributed by atoms with van der Waals surface area (Å²) in [6.07, 6.45) is 2.13. The minimum Gasteiger partial charge on any atom is -0.307 e. The van der Waals surface area contributed by atoms with Crippen molar-refractivity contribution >= 4 is 15.9 Å². The Kier molecular flexibility index (Phi) is 3.85. The molecule has 0 atom stereocenters. The van der Waals surface area contributed by atoms with Gasteiger partial charge in [0, 0.05) is 34.4 Å². The van der Waals surface area contributed by atoms with E-state index in [9.17, 15) is 0 Å². The molecule has 3 rings (SSSR count). The summed E-state index contributed by atoms with van der Waals surface area (Å²) < 4.78 is 1.11. The van der Waals surface area contributed by atoms with Crippen LogP contribution in [0.3, 0.4) is 0 Å². The number of hydrogen-bond donors (Lipinski definition) is 1. The van der Waals surface area contributed by atoms with Gasteiger partial charge in [-0.2, -0.15) is 0 Å². The summed E-state index contributed by atoms with van der Waals surface area (Å²) in [6.45, 7) is 6.04. The van der Waals surface area contributed by atoms with Gasteiger partial charge in [0.05, 0.1) is 5.69 Å². The molecule has 2 heterocycles. The highest BCUT2D eigenvalue weighted by Gasteiger charge is 2.19. The number of aryl methyl sites for hydroxylation is 2. The Hall–Kier alpha value is -1.26. The van der Waals surface area contributed by atoms with Gasteiger partial charge in [0.1, 0.15) is 0 Å². The molecule has 0 bridgehead atoms. The van der Waals surface area contributed by atoms with Gasteiger partial charge < -0.3 is 5.32 Å². The van der Waals surface area contributed by atoms with E-state index < -0.39 is 0 Å². The first kappa shape index (κ1) is 13.7. The summed E-state index contributed by atoms with van der Waals surface area (Å²) in [5.74, 6) is 0.844. The normalized spacial score (nSPS) is 13.6. The second-order valence-corrected chi connectivity index (χ2v) is 6.09. The van der Waals surface area contributed by atoms with Crippen molar-refractivity contribution in [2.45, 2.75) is 39.8 Å². The van der Waals surface area contributed by atoms with Gasteiger partial charge in [-0.3, -0.25) is 0 Å². The number of hydrogen-bond acceptors (Lipinski definition) is 3. The fraction of sp³-hybridized carbons (Fsp3) is 0.375. The van der Waals surface area contributed by atoms with Crippen LogP contribution in [0.15, 0.2) is 22.7 Å². The lowest BCUT2D eigenvalue weighted by atomic mass is 10.1. The van der Waals surface area contributed by atoms with Crippen molar-refractivity contribution in [1.29, 1.82) is 0 Å². The molecular formula is C16H18BrN3. The van der Waals surface area contributed by atoms with Gasteiger partial charge >= 0.3 is 0 Å². The number of rotatable bonds is 3. The van der Waals surface area contributed by atoms with Gasteiger partial charge in [-0.05, 0) is 25.0 Å². The Morgan fingerprint density at radius 1 is 1.25 bits per heavy atom. The molecule has 1 N–H and O–H groups in total. The number of nitrogens with zero attached hydrogens (tertiary/aromatic N) is 2. The van der Waals surface area contributed by atoms with Crippen LogP contribution in [0.4, 0.5) is 0 Å². The van der Waals surface area contributed by atoms with Gasteiger partial charge in [-0.1, -0.05) is 41.4 Å². The van der Waals surface area contributed by atoms with E-state index in [1.54, 1.807) is 0 Å². The third kappa shape index (κ3) is 2.50. The topological polar surface area (TPSA) is 37.8 Å². The Balaban J connectivity index is 2.09. The molecule has 1 aromatic carbocycles. The first-order valence-corrected chi connectivity index (χ1v) is 7.84. The number of benzene rings is 1. The highest BCUT2D eigenvalue weighted by Crippen LogP contribution is 2.26. The zero-order chi connectivity index (χ0) is 14.1. The lowest BCUT2D eigenvalue weighted by Crippen LogP contribution is -2.03. The van der Waals surface area contributed by atoms with Crippen molar-refractivity contribution < 1.29 is 0 Å². The van der Waals surface area contributed by atoms with E-state index in [2.05, 4.69) is 53.3 Å². The third-order valence-corrected chi connectivity index (χ3v) is 4.54. The fourth-order valence-corrected chi connectivity index (χ4v) is 2.92. The van der Waals surface area contributed by atoms with Crippen LogP contribution in [0.1, 0.15) is 35.9 Å². The summed E-state index contributed by atoms with van der Waals surface area (Å²) in [5, 5.41) is 3.37. The van der Waals surface area contributed by atoms with Crippen LogP contribution in [-0.2, 0) is 19.5 Å². The largest absolute Gasteiger partial charge is 0.307 e. The van der Waals surface area contributed by atoms with E-state index in [-0.39, 0.29) is 0 Å². The second-order valence-electron chi connectivity index (χ2n) is 5.24. The van der Waals surface area contributed by atoms with Gasteiger partial charge in [-0.25, -0.2) is 9.97 Å². The SMILES string of the molecule is CCCc1nc(-c2ccc(C)c(Br)c2)nc2c1CNC2. The van der Waals surface area contributed by atoms with Crippen LogP contribution >= 0.6 is 15.9 Å². The molecule has 0 amide bonds. The fourth-order valence-electron chi connectivity index (χ4n) is 2.54. The van der Waals surface area contributed by atoms with Gasteiger partial charge in [0.25, 0.3) is 0 Å². The molecule has 20 heavy (non-hydrogen) atoms. The predicted octanol–water partition coefficient (Wildman–Crippen LogP) is 3.77. The average molecular weight is 332 g/mol. The molecular weight excluding hydrogens is 314 g/mol. The zero-order valence-electron chi connectivity index (χ0n) is 11.8. The molecule has 0 saturated carbocycles. The second kappa shape index (κ2) is 5.62. The smallest absolute Gasteiger partial charge is 0.159 e. The van der Waals surface area contributed by atoms with Crippen molar-refractivity contribution in [2.75, 3.05) is 0 Å². The number of fused-ring (bicyclic) bond motifs is 1. The van der Waals surface area contributed by atoms with Crippen LogP contribution in [0.2, 0.25) is 0 Å². The van der Waals surface area contributed by atoms with E-state index in [0.29, 0.717) is 0 Å². The zero-order valence-corrected chi connectivity index (χ0v) is 13.4. The van der Waals surface area contributed by atoms with E-state index in [1.165, 1.54) is 16.8 Å². The maximum atomic E-state index is 4.80. The first-order valence-electron chi connectivity index (χ1n) is 7.05. The molecule has 2 aromatic rings. The van der Waals surface area contributed by atoms with Crippen LogP contribution in [-0.4, -0.2) is 9.97 Å². The Morgan fingerprint density at radius 3 is 2.85 bits per heavy atom. The number of halogens is 1. The summed E-state index contributed by atoms with van der Waals surface area (Å²) >= 11 is 3.59. The van der Waals surface area contributed by atoms with Crippen LogP contribution in [0, 0.1) is 6.92 Å². The third-order valence-electron chi connectivity index (χ3n) is 3.69. The van der Waals surface area contributed by atoms with E-state index in [0.717, 1.165) is 47.5 Å². The van der Waals surface area contributed by atoms with Crippen LogP contribution in [0.5, 0.6) is 0 Å². The Morgan fingerprint density at radius 2 is 2.10 bits per heavy atom. The summed E-state index contributed by atoms with van der Waals surface area (Å²) in [4.78, 5) is 9.55. The predicted molar refractivity (Wildman–Crippen MR) is 84.4 cm³/mol. The maximum absolute atomic E-state index is 4.80. The van der Waals surface area contributed by atoms with Gasteiger partial charge in [0.15, 0.2) is 5.82 Å². The van der Waals surface area contributed by atoms with E-state index in [1.807, 2.05) is 0 Å². The summed E-state index contributed by atoms with van der Waals surface area (Å²) in [6, 6.07) is 6.31. The molecule has 1 aliphatic heterocycles. The average Bonchev–Trinajstić information content (AvgIpc) is 2.90. The van der Waals surface area contributed by atoms with Crippen molar-refractivity contribution in [1.82, 2.24) is 15.3 Å². The number of aromatic nitrogens is 2. The molecule has 0 saturated heterocycles. The van der Waals surface area contributed by atoms with Gasteiger partial charge in [0.2, 0.25) is 0 Å². The molecule has 0 unspecified atom stereocenters. The van der Waals surface area contributed by atoms with Crippen molar-refractivity contribution in [3.63, 3.8) is 0 Å². The molecule has 1 aliphatic rings. The monoisotopic (exact) mass is 331 g/mol. The summed E-state index contributed by atoms with van der Waals surface area (Å²) in [7, 11) is 0. The van der Waals surface area contributed by atoms with E-state index in [4.69, 9.17) is 9.97 Å². The minimum atomic E-state index is 0.844. The molecule has 0 fully saturated rings. The lowest BCUT2D eigenvalue weighted by Gasteiger charge is -2.10. The van der Waals surface area contributed by atoms with E-state index >= 15 is 0 Å². The lowest BCUT2D eigenvalue weighted by molar-refractivity contribution is 0.753. The molecule has 104 valence electrons. The van der Waals surface area contributed by atoms with Crippen molar-refractivity contribution in [2.24, 2.45) is 0 Å². The summed E-state index contributed by atoms with van der Waals surface area (Å²) in [5.41, 5.74) is 5.98. The Labute approximate surface area is 128 Å². The molecule has 3 nitrogen and oxygen atoms in total. The van der Waals surface area contributed by atoms with Crippen LogP contribution < -0.4 is 5.32 Å². The molecule has 1 aromatic heterocycles. The van der Waals surface area contributed by atoms with Crippen molar-refractivity contribution in [3.8, 4) is 11.4 Å². The molecule has 4 heteroatoms. The van der Waals surface area contributed by atoms with Crippen LogP contribution in [0.25, 0.3) is 11.4 Å². The molecule has 0 spiro atoms. The van der Waals surface area contributed by atoms with Gasteiger partial charge in [-0.15, -0.1) is 0 Å². The highest BCUT2D eigenvalue weighted by molar-refractivity contribution is 9.10. The molecule has 0 radical (unpaired) electrons. The maximum Gasteiger partial charge on any atom is 0.159 e.